The zero-order valence-electron chi connectivity index (χ0n) is 9.24. The fourth-order valence-corrected chi connectivity index (χ4v) is 1.51. The summed E-state index contributed by atoms with van der Waals surface area (Å²) in [6.45, 7) is 1.80. The topological polar surface area (TPSA) is 92.4 Å². The lowest BCUT2D eigenvalue weighted by Crippen LogP contribution is -2.34. The fraction of sp³-hybridized carbons (Fsp3) is 0.273. The highest BCUT2D eigenvalue weighted by molar-refractivity contribution is 9.10. The Morgan fingerprint density at radius 2 is 2.18 bits per heavy atom. The first-order valence-corrected chi connectivity index (χ1v) is 5.84. The van der Waals surface area contributed by atoms with E-state index in [1.54, 1.807) is 13.0 Å². The largest absolute Gasteiger partial charge is 0.478 e. The predicted molar refractivity (Wildman–Crippen MR) is 68.0 cm³/mol. The maximum absolute atomic E-state index is 11.6. The van der Waals surface area contributed by atoms with E-state index in [0.29, 0.717) is 16.6 Å². The highest BCUT2D eigenvalue weighted by Gasteiger charge is 2.14. The van der Waals surface area contributed by atoms with Crippen LogP contribution in [-0.2, 0) is 4.79 Å². The average Bonchev–Trinajstić information content (AvgIpc) is 2.30. The Kier molecular flexibility index (Phi) is 4.65. The Labute approximate surface area is 107 Å². The lowest BCUT2D eigenvalue weighted by atomic mass is 10.2. The molecule has 0 heterocycles. The number of hydrogen-bond acceptors (Lipinski definition) is 3. The summed E-state index contributed by atoms with van der Waals surface area (Å²) in [4.78, 5) is 22.4. The Hall–Kier alpha value is -1.40. The maximum Gasteiger partial charge on any atom is 0.335 e. The van der Waals surface area contributed by atoms with Gasteiger partial charge in [-0.05, 0) is 40.5 Å². The van der Waals surface area contributed by atoms with E-state index in [-0.39, 0.29) is 11.5 Å². The third-order valence-corrected chi connectivity index (χ3v) is 2.94. The van der Waals surface area contributed by atoms with Crippen molar-refractivity contribution in [1.82, 2.24) is 0 Å². The molecule has 0 saturated carbocycles. The molecule has 0 fully saturated rings. The van der Waals surface area contributed by atoms with Gasteiger partial charge in [0.1, 0.15) is 0 Å². The van der Waals surface area contributed by atoms with Gasteiger partial charge in [0, 0.05) is 4.47 Å². The minimum atomic E-state index is -1.05. The lowest BCUT2D eigenvalue weighted by molar-refractivity contribution is -0.117. The number of anilines is 1. The molecule has 5 nitrogen and oxygen atoms in total. The fourth-order valence-electron chi connectivity index (χ4n) is 1.16. The van der Waals surface area contributed by atoms with E-state index in [4.69, 9.17) is 10.8 Å². The van der Waals surface area contributed by atoms with Gasteiger partial charge in [0.25, 0.3) is 0 Å². The predicted octanol–water partition coefficient (Wildman–Crippen LogP) is 1.82. The number of amides is 1. The number of carbonyl (C=O) groups excluding carboxylic acids is 1. The molecule has 17 heavy (non-hydrogen) atoms. The second-order valence-electron chi connectivity index (χ2n) is 3.50. The first kappa shape index (κ1) is 13.7. The molecule has 0 bridgehead atoms. The second kappa shape index (κ2) is 5.79. The van der Waals surface area contributed by atoms with E-state index in [9.17, 15) is 9.59 Å². The smallest absolute Gasteiger partial charge is 0.335 e. The Bertz CT molecular complexity index is 448. The van der Waals surface area contributed by atoms with Crippen LogP contribution in [0.5, 0.6) is 0 Å². The Morgan fingerprint density at radius 1 is 1.53 bits per heavy atom. The van der Waals surface area contributed by atoms with Crippen LogP contribution in [0.2, 0.25) is 0 Å². The van der Waals surface area contributed by atoms with Gasteiger partial charge < -0.3 is 16.2 Å². The molecule has 92 valence electrons. The van der Waals surface area contributed by atoms with E-state index in [1.165, 1.54) is 12.1 Å². The molecule has 0 aliphatic rings. The van der Waals surface area contributed by atoms with E-state index < -0.39 is 12.0 Å². The summed E-state index contributed by atoms with van der Waals surface area (Å²) in [6.07, 6.45) is 0.516. The molecule has 1 rings (SSSR count). The van der Waals surface area contributed by atoms with Crippen LogP contribution < -0.4 is 11.1 Å². The number of benzene rings is 1. The zero-order chi connectivity index (χ0) is 13.0. The highest BCUT2D eigenvalue weighted by Crippen LogP contribution is 2.23. The molecule has 0 aliphatic heterocycles. The van der Waals surface area contributed by atoms with Gasteiger partial charge in [-0.25, -0.2) is 4.79 Å². The van der Waals surface area contributed by atoms with Crippen molar-refractivity contribution < 1.29 is 14.7 Å². The number of nitrogens with one attached hydrogen (secondary N) is 1. The molecule has 1 unspecified atom stereocenters. The molecule has 0 radical (unpaired) electrons. The van der Waals surface area contributed by atoms with Gasteiger partial charge in [-0.3, -0.25) is 4.79 Å². The number of aromatic carboxylic acids is 1. The SMILES string of the molecule is CCC(N)C(=O)Nc1cc(C(=O)O)ccc1Br. The molecule has 1 aromatic carbocycles. The van der Waals surface area contributed by atoms with E-state index in [1.807, 2.05) is 0 Å². The van der Waals surface area contributed by atoms with Crippen molar-refractivity contribution in [2.75, 3.05) is 5.32 Å². The molecule has 0 spiro atoms. The number of carboxylic acid groups (broad SMARTS) is 1. The van der Waals surface area contributed by atoms with Gasteiger partial charge in [0.15, 0.2) is 0 Å². The van der Waals surface area contributed by atoms with Crippen LogP contribution >= 0.6 is 15.9 Å². The quantitative estimate of drug-likeness (QED) is 0.791. The molecule has 4 N–H and O–H groups in total. The van der Waals surface area contributed by atoms with Crippen molar-refractivity contribution in [3.05, 3.63) is 28.2 Å². The number of hydrogen-bond donors (Lipinski definition) is 3. The van der Waals surface area contributed by atoms with Gasteiger partial charge in [-0.1, -0.05) is 6.92 Å². The summed E-state index contributed by atoms with van der Waals surface area (Å²) in [5.41, 5.74) is 6.08. The monoisotopic (exact) mass is 300 g/mol. The molecule has 0 aliphatic carbocycles. The number of nitrogens with two attached hydrogens (primary N) is 1. The van der Waals surface area contributed by atoms with Crippen LogP contribution in [0.1, 0.15) is 23.7 Å². The third kappa shape index (κ3) is 3.54. The summed E-state index contributed by atoms with van der Waals surface area (Å²) in [6, 6.07) is 3.79. The van der Waals surface area contributed by atoms with Crippen molar-refractivity contribution in [3.63, 3.8) is 0 Å². The Balaban J connectivity index is 2.94. The molecular formula is C11H13BrN2O3. The minimum absolute atomic E-state index is 0.105. The lowest BCUT2D eigenvalue weighted by Gasteiger charge is -2.11. The summed E-state index contributed by atoms with van der Waals surface area (Å²) in [5.74, 6) is -1.39. The Morgan fingerprint density at radius 3 is 2.71 bits per heavy atom. The van der Waals surface area contributed by atoms with Crippen molar-refractivity contribution in [2.45, 2.75) is 19.4 Å². The molecular weight excluding hydrogens is 288 g/mol. The van der Waals surface area contributed by atoms with E-state index in [0.717, 1.165) is 0 Å². The van der Waals surface area contributed by atoms with E-state index >= 15 is 0 Å². The summed E-state index contributed by atoms with van der Waals surface area (Å²) < 4.78 is 0.610. The normalized spacial score (nSPS) is 11.9. The van der Waals surface area contributed by atoms with Crippen LogP contribution in [0.15, 0.2) is 22.7 Å². The number of halogens is 1. The molecule has 1 amide bonds. The van der Waals surface area contributed by atoms with Crippen LogP contribution in [0.4, 0.5) is 5.69 Å². The third-order valence-electron chi connectivity index (χ3n) is 2.25. The first-order chi connectivity index (χ1) is 7.95. The minimum Gasteiger partial charge on any atom is -0.478 e. The molecule has 6 heteroatoms. The molecule has 0 aromatic heterocycles. The van der Waals surface area contributed by atoms with Gasteiger partial charge in [-0.15, -0.1) is 0 Å². The van der Waals surface area contributed by atoms with Crippen molar-refractivity contribution in [3.8, 4) is 0 Å². The second-order valence-corrected chi connectivity index (χ2v) is 4.36. The zero-order valence-corrected chi connectivity index (χ0v) is 10.8. The molecule has 1 atom stereocenters. The summed E-state index contributed by atoms with van der Waals surface area (Å²) >= 11 is 3.23. The van der Waals surface area contributed by atoms with Crippen molar-refractivity contribution >= 4 is 33.5 Å². The van der Waals surface area contributed by atoms with Gasteiger partial charge in [0.05, 0.1) is 17.3 Å². The highest BCUT2D eigenvalue weighted by atomic mass is 79.9. The average molecular weight is 301 g/mol. The van der Waals surface area contributed by atoms with Gasteiger partial charge >= 0.3 is 5.97 Å². The van der Waals surface area contributed by atoms with Gasteiger partial charge in [-0.2, -0.15) is 0 Å². The van der Waals surface area contributed by atoms with Crippen LogP contribution in [-0.4, -0.2) is 23.0 Å². The van der Waals surface area contributed by atoms with Crippen LogP contribution in [0.25, 0.3) is 0 Å². The maximum atomic E-state index is 11.6. The van der Waals surface area contributed by atoms with Crippen molar-refractivity contribution in [1.29, 1.82) is 0 Å². The number of carbonyl (C=O) groups is 2. The standard InChI is InChI=1S/C11H13BrN2O3/c1-2-8(13)10(15)14-9-5-6(11(16)17)3-4-7(9)12/h3-5,8H,2,13H2,1H3,(H,14,15)(H,16,17). The number of rotatable bonds is 4. The van der Waals surface area contributed by atoms with Crippen molar-refractivity contribution in [2.24, 2.45) is 5.73 Å². The molecule has 0 saturated heterocycles. The van der Waals surface area contributed by atoms with E-state index in [2.05, 4.69) is 21.2 Å². The molecule has 1 aromatic rings. The van der Waals surface area contributed by atoms with Crippen LogP contribution in [0.3, 0.4) is 0 Å². The van der Waals surface area contributed by atoms with Gasteiger partial charge in [0.2, 0.25) is 5.91 Å². The summed E-state index contributed by atoms with van der Waals surface area (Å²) in [5, 5.41) is 11.4. The van der Waals surface area contributed by atoms with Crippen LogP contribution in [0, 0.1) is 0 Å². The summed E-state index contributed by atoms with van der Waals surface area (Å²) in [7, 11) is 0. The first-order valence-electron chi connectivity index (χ1n) is 5.05. The number of carboxylic acids is 1.